The van der Waals surface area contributed by atoms with E-state index < -0.39 is 12.2 Å². The van der Waals surface area contributed by atoms with Gasteiger partial charge in [0.1, 0.15) is 13.2 Å². The third kappa shape index (κ3) is 39.8. The maximum atomic E-state index is 11.4. The summed E-state index contributed by atoms with van der Waals surface area (Å²) in [5, 5.41) is 18.6. The van der Waals surface area contributed by atoms with Crippen molar-refractivity contribution in [2.75, 3.05) is 13.2 Å². The lowest BCUT2D eigenvalue weighted by atomic mass is 10.1. The number of hydrogen-bond donors (Lipinski definition) is 2. The zero-order valence-corrected chi connectivity index (χ0v) is 29.9. The van der Waals surface area contributed by atoms with Gasteiger partial charge in [-0.15, -0.1) is 13.2 Å². The van der Waals surface area contributed by atoms with Crippen molar-refractivity contribution in [1.29, 1.82) is 0 Å². The van der Waals surface area contributed by atoms with Gasteiger partial charge in [-0.2, -0.15) is 0 Å². The van der Waals surface area contributed by atoms with Crippen LogP contribution >= 0.6 is 0 Å². The van der Waals surface area contributed by atoms with Crippen LogP contribution < -0.4 is 0 Å². The first-order chi connectivity index (χ1) is 22.4. The fourth-order valence-corrected chi connectivity index (χ4v) is 4.46. The van der Waals surface area contributed by atoms with Gasteiger partial charge in [-0.1, -0.05) is 95.2 Å². The number of aliphatic hydroxyl groups is 2. The third-order valence-electron chi connectivity index (χ3n) is 7.71. The Bertz CT molecular complexity index is 744. The summed E-state index contributed by atoms with van der Waals surface area (Å²) in [5.74, 6) is -0.365. The Balaban J connectivity index is 0. The summed E-state index contributed by atoms with van der Waals surface area (Å²) < 4.78 is 10.00. The van der Waals surface area contributed by atoms with E-state index in [1.807, 2.05) is 26.0 Å². The van der Waals surface area contributed by atoms with Crippen molar-refractivity contribution in [2.24, 2.45) is 0 Å². The second-order valence-corrected chi connectivity index (χ2v) is 12.2. The second kappa shape index (κ2) is 39.0. The Morgan fingerprint density at radius 3 is 1.20 bits per heavy atom. The molecule has 0 bridgehead atoms. The topological polar surface area (TPSA) is 93.1 Å². The van der Waals surface area contributed by atoms with Crippen molar-refractivity contribution in [3.8, 4) is 0 Å². The highest BCUT2D eigenvalue weighted by atomic mass is 16.5. The smallest absolute Gasteiger partial charge is 0.305 e. The van der Waals surface area contributed by atoms with E-state index in [1.54, 1.807) is 0 Å². The molecule has 6 nitrogen and oxygen atoms in total. The Morgan fingerprint density at radius 2 is 0.804 bits per heavy atom. The summed E-state index contributed by atoms with van der Waals surface area (Å²) in [6, 6.07) is 0. The first-order valence-corrected chi connectivity index (χ1v) is 18.6. The van der Waals surface area contributed by atoms with E-state index >= 15 is 0 Å². The quantitative estimate of drug-likeness (QED) is 0.0428. The molecule has 268 valence electrons. The Labute approximate surface area is 283 Å². The van der Waals surface area contributed by atoms with Crippen molar-refractivity contribution in [3.63, 3.8) is 0 Å². The fourth-order valence-electron chi connectivity index (χ4n) is 4.46. The normalized spacial score (nSPS) is 12.4. The van der Waals surface area contributed by atoms with Crippen LogP contribution in [0.15, 0.2) is 49.6 Å². The summed E-state index contributed by atoms with van der Waals surface area (Å²) in [6.45, 7) is 11.5. The summed E-state index contributed by atoms with van der Waals surface area (Å²) >= 11 is 0. The molecule has 0 saturated heterocycles. The number of esters is 2. The molecule has 0 radical (unpaired) electrons. The van der Waals surface area contributed by atoms with Crippen LogP contribution in [0.1, 0.15) is 168 Å². The number of ether oxygens (including phenoxy) is 2. The van der Waals surface area contributed by atoms with Gasteiger partial charge >= 0.3 is 11.9 Å². The van der Waals surface area contributed by atoms with Gasteiger partial charge in [-0.3, -0.25) is 9.59 Å². The Kier molecular flexibility index (Phi) is 39.0. The van der Waals surface area contributed by atoms with Crippen molar-refractivity contribution in [2.45, 2.75) is 180 Å². The van der Waals surface area contributed by atoms with Gasteiger partial charge in [0.2, 0.25) is 0 Å². The van der Waals surface area contributed by atoms with Crippen LogP contribution in [0.2, 0.25) is 0 Å². The van der Waals surface area contributed by atoms with Crippen LogP contribution in [0.3, 0.4) is 0 Å². The van der Waals surface area contributed by atoms with Gasteiger partial charge in [-0.25, -0.2) is 0 Å². The number of unbranched alkanes of at least 4 members (excludes halogenated alkanes) is 16. The highest BCUT2D eigenvalue weighted by molar-refractivity contribution is 5.69. The molecular formula is C40H72O6. The lowest BCUT2D eigenvalue weighted by molar-refractivity contribution is -0.147. The number of allylic oxidation sites excluding steroid dienone is 6. The fraction of sp³-hybridized carbons (Fsp3) is 0.750. The monoisotopic (exact) mass is 649 g/mol. The number of aliphatic hydroxyl groups excluding tert-OH is 2. The van der Waals surface area contributed by atoms with Crippen LogP contribution in [0.4, 0.5) is 0 Å². The van der Waals surface area contributed by atoms with Crippen LogP contribution in [-0.2, 0) is 19.1 Å². The first kappa shape index (κ1) is 45.9. The standard InChI is InChI=1S/2C20H36O3/c2*1-3-5-6-7-8-9-10-11-12-13-14-15-16-17-20(22)23-18-19(21)4-2/h3,9-10,19,21H,1,4-8,11-18H2,2H3;3,8-9,19,21H,1,4-7,10-18H2,2H3/b10-9-;9-8-. The van der Waals surface area contributed by atoms with E-state index in [1.165, 1.54) is 83.5 Å². The summed E-state index contributed by atoms with van der Waals surface area (Å²) in [5.41, 5.74) is 0. The average molecular weight is 649 g/mol. The summed E-state index contributed by atoms with van der Waals surface area (Å²) in [6.07, 6.45) is 37.5. The molecule has 0 aliphatic rings. The number of carbonyl (C=O) groups is 2. The maximum Gasteiger partial charge on any atom is 0.305 e. The molecule has 0 amide bonds. The van der Waals surface area contributed by atoms with Crippen molar-refractivity contribution >= 4 is 11.9 Å². The number of rotatable bonds is 32. The van der Waals surface area contributed by atoms with Gasteiger partial charge in [0, 0.05) is 12.8 Å². The van der Waals surface area contributed by atoms with E-state index in [9.17, 15) is 19.8 Å². The highest BCUT2D eigenvalue weighted by Crippen LogP contribution is 2.11. The molecule has 0 spiro atoms. The van der Waals surface area contributed by atoms with Crippen molar-refractivity contribution in [1.82, 2.24) is 0 Å². The maximum absolute atomic E-state index is 11.4. The molecular weight excluding hydrogens is 576 g/mol. The van der Waals surface area contributed by atoms with Crippen molar-refractivity contribution < 1.29 is 29.3 Å². The highest BCUT2D eigenvalue weighted by Gasteiger charge is 2.07. The molecule has 0 saturated carbocycles. The number of carbonyl (C=O) groups excluding carboxylic acids is 2. The van der Waals surface area contributed by atoms with E-state index in [2.05, 4.69) is 37.5 Å². The van der Waals surface area contributed by atoms with E-state index in [4.69, 9.17) is 9.47 Å². The summed E-state index contributed by atoms with van der Waals surface area (Å²) in [7, 11) is 0. The van der Waals surface area contributed by atoms with E-state index in [0.717, 1.165) is 44.9 Å². The molecule has 6 heteroatoms. The lowest BCUT2D eigenvalue weighted by Crippen LogP contribution is -2.17. The zero-order valence-electron chi connectivity index (χ0n) is 29.9. The van der Waals surface area contributed by atoms with Gasteiger partial charge in [0.05, 0.1) is 12.2 Å². The lowest BCUT2D eigenvalue weighted by Gasteiger charge is -2.08. The minimum atomic E-state index is -0.519. The second-order valence-electron chi connectivity index (χ2n) is 12.2. The van der Waals surface area contributed by atoms with Gasteiger partial charge in [0.25, 0.3) is 0 Å². The van der Waals surface area contributed by atoms with Crippen LogP contribution in [0.25, 0.3) is 0 Å². The predicted molar refractivity (Wildman–Crippen MR) is 195 cm³/mol. The SMILES string of the molecule is C=CCCC/C=C\CCCCCCCCC(=O)OCC(O)CC.C=CCCCC/C=C\CCCCCCCC(=O)OCC(O)CC. The van der Waals surface area contributed by atoms with E-state index in [0.29, 0.717) is 25.7 Å². The molecule has 0 aliphatic carbocycles. The van der Waals surface area contributed by atoms with Gasteiger partial charge < -0.3 is 19.7 Å². The molecule has 2 atom stereocenters. The Morgan fingerprint density at radius 1 is 0.500 bits per heavy atom. The predicted octanol–water partition coefficient (Wildman–Crippen LogP) is 10.7. The molecule has 2 unspecified atom stereocenters. The molecule has 46 heavy (non-hydrogen) atoms. The molecule has 2 N–H and O–H groups in total. The van der Waals surface area contributed by atoms with Crippen molar-refractivity contribution in [3.05, 3.63) is 49.6 Å². The molecule has 0 rings (SSSR count). The largest absolute Gasteiger partial charge is 0.463 e. The zero-order chi connectivity index (χ0) is 34.4. The molecule has 0 fully saturated rings. The van der Waals surface area contributed by atoms with E-state index in [-0.39, 0.29) is 25.2 Å². The number of hydrogen-bond acceptors (Lipinski definition) is 6. The van der Waals surface area contributed by atoms with Crippen LogP contribution in [0.5, 0.6) is 0 Å². The first-order valence-electron chi connectivity index (χ1n) is 18.6. The molecule has 0 heterocycles. The minimum Gasteiger partial charge on any atom is -0.463 e. The van der Waals surface area contributed by atoms with Gasteiger partial charge in [-0.05, 0) is 96.3 Å². The molecule has 0 aromatic carbocycles. The molecule has 0 aliphatic heterocycles. The van der Waals surface area contributed by atoms with Gasteiger partial charge in [0.15, 0.2) is 0 Å². The molecule has 0 aromatic heterocycles. The minimum absolute atomic E-state index is 0.134. The van der Waals surface area contributed by atoms with Crippen LogP contribution in [0, 0.1) is 0 Å². The van der Waals surface area contributed by atoms with Crippen LogP contribution in [-0.4, -0.2) is 47.6 Å². The summed E-state index contributed by atoms with van der Waals surface area (Å²) in [4.78, 5) is 22.8. The Hall–Kier alpha value is -2.18. The average Bonchev–Trinajstić information content (AvgIpc) is 3.06. The third-order valence-corrected chi connectivity index (χ3v) is 7.71. The molecule has 0 aromatic rings.